The number of aliphatic hydroxyl groups is 2. The van der Waals surface area contributed by atoms with E-state index in [1.165, 1.54) is 0 Å². The standard InChI is InChI=1S/C19H33N5O2/c1-2-20-19-21-7-16(8-22-19)9-24-11-17(18(12-24)14-26)10-23-5-3-15(13-25)4-6-23/h7-8,15,17-18,25-26H,2-6,9-14H2,1H3,(H,20,21,22)/t17-,18-/m1/s1. The molecule has 0 amide bonds. The second kappa shape index (κ2) is 9.60. The van der Waals surface area contributed by atoms with E-state index >= 15 is 0 Å². The van der Waals surface area contributed by atoms with Gasteiger partial charge in [0.25, 0.3) is 0 Å². The molecule has 0 aliphatic carbocycles. The van der Waals surface area contributed by atoms with Crippen LogP contribution in [0.1, 0.15) is 25.3 Å². The molecule has 7 heteroatoms. The maximum absolute atomic E-state index is 9.81. The van der Waals surface area contributed by atoms with E-state index in [0.29, 0.717) is 30.3 Å². The van der Waals surface area contributed by atoms with Gasteiger partial charge in [-0.05, 0) is 50.6 Å². The smallest absolute Gasteiger partial charge is 0.222 e. The molecule has 1 aromatic rings. The first-order valence-corrected chi connectivity index (χ1v) is 9.93. The highest BCUT2D eigenvalue weighted by molar-refractivity contribution is 5.24. The van der Waals surface area contributed by atoms with E-state index in [1.807, 2.05) is 19.3 Å². The Balaban J connectivity index is 1.50. The van der Waals surface area contributed by atoms with Crippen molar-refractivity contribution in [3.8, 4) is 0 Å². The first kappa shape index (κ1) is 19.5. The molecule has 0 unspecified atom stereocenters. The molecule has 3 rings (SSSR count). The van der Waals surface area contributed by atoms with Crippen molar-refractivity contribution < 1.29 is 10.2 Å². The normalized spacial score (nSPS) is 25.7. The van der Waals surface area contributed by atoms with E-state index in [4.69, 9.17) is 0 Å². The minimum absolute atomic E-state index is 0.254. The maximum Gasteiger partial charge on any atom is 0.222 e. The molecule has 3 N–H and O–H groups in total. The second-order valence-corrected chi connectivity index (χ2v) is 7.77. The Morgan fingerprint density at radius 1 is 1.04 bits per heavy atom. The molecule has 3 heterocycles. The monoisotopic (exact) mass is 363 g/mol. The van der Waals surface area contributed by atoms with Gasteiger partial charge in [0.1, 0.15) is 0 Å². The Morgan fingerprint density at radius 2 is 1.73 bits per heavy atom. The Morgan fingerprint density at radius 3 is 2.35 bits per heavy atom. The van der Waals surface area contributed by atoms with Crippen molar-refractivity contribution in [1.82, 2.24) is 19.8 Å². The predicted octanol–water partition coefficient (Wildman–Crippen LogP) is 0.653. The van der Waals surface area contributed by atoms with Crippen LogP contribution in [0.15, 0.2) is 12.4 Å². The average Bonchev–Trinajstić information content (AvgIpc) is 3.05. The van der Waals surface area contributed by atoms with Gasteiger partial charge in [0.2, 0.25) is 5.95 Å². The molecule has 2 atom stereocenters. The first-order chi connectivity index (χ1) is 12.7. The maximum atomic E-state index is 9.81. The summed E-state index contributed by atoms with van der Waals surface area (Å²) in [7, 11) is 0. The summed E-state index contributed by atoms with van der Waals surface area (Å²) in [6.45, 7) is 9.40. The zero-order valence-corrected chi connectivity index (χ0v) is 15.8. The predicted molar refractivity (Wildman–Crippen MR) is 102 cm³/mol. The molecule has 26 heavy (non-hydrogen) atoms. The zero-order valence-electron chi connectivity index (χ0n) is 15.8. The summed E-state index contributed by atoms with van der Waals surface area (Å²) in [5.74, 6) is 2.00. The molecular formula is C19H33N5O2. The Bertz CT molecular complexity index is 533. The van der Waals surface area contributed by atoms with Gasteiger partial charge >= 0.3 is 0 Å². The molecule has 0 aromatic carbocycles. The van der Waals surface area contributed by atoms with Gasteiger partial charge in [0.05, 0.1) is 0 Å². The van der Waals surface area contributed by atoms with Crippen molar-refractivity contribution in [3.63, 3.8) is 0 Å². The van der Waals surface area contributed by atoms with Crippen molar-refractivity contribution in [2.45, 2.75) is 26.3 Å². The molecule has 0 saturated carbocycles. The quantitative estimate of drug-likeness (QED) is 0.625. The topological polar surface area (TPSA) is 84.8 Å². The fourth-order valence-electron chi connectivity index (χ4n) is 4.21. The fourth-order valence-corrected chi connectivity index (χ4v) is 4.21. The number of anilines is 1. The zero-order chi connectivity index (χ0) is 18.4. The number of hydrogen-bond acceptors (Lipinski definition) is 7. The van der Waals surface area contributed by atoms with E-state index in [1.54, 1.807) is 0 Å². The van der Waals surface area contributed by atoms with E-state index in [9.17, 15) is 10.2 Å². The summed E-state index contributed by atoms with van der Waals surface area (Å²) in [4.78, 5) is 13.6. The van der Waals surface area contributed by atoms with Crippen molar-refractivity contribution in [3.05, 3.63) is 18.0 Å². The Hall–Kier alpha value is -1.28. The third-order valence-electron chi connectivity index (χ3n) is 5.79. The molecule has 2 saturated heterocycles. The third kappa shape index (κ3) is 5.13. The van der Waals surface area contributed by atoms with Crippen LogP contribution < -0.4 is 5.32 Å². The van der Waals surface area contributed by atoms with Gasteiger partial charge in [-0.2, -0.15) is 0 Å². The molecular weight excluding hydrogens is 330 g/mol. The van der Waals surface area contributed by atoms with Gasteiger partial charge in [0, 0.05) is 63.9 Å². The van der Waals surface area contributed by atoms with Crippen LogP contribution in [0, 0.1) is 17.8 Å². The molecule has 146 valence electrons. The SMILES string of the molecule is CCNc1ncc(CN2C[C@@H](CN3CCC(CO)CC3)[C@@H](CO)C2)cn1. The first-order valence-electron chi connectivity index (χ1n) is 9.93. The van der Waals surface area contributed by atoms with Gasteiger partial charge < -0.3 is 20.4 Å². The number of nitrogens with zero attached hydrogens (tertiary/aromatic N) is 4. The van der Waals surface area contributed by atoms with Gasteiger partial charge in [-0.3, -0.25) is 4.90 Å². The summed E-state index contributed by atoms with van der Waals surface area (Å²) >= 11 is 0. The molecule has 1 aromatic heterocycles. The minimum Gasteiger partial charge on any atom is -0.396 e. The Kier molecular flexibility index (Phi) is 7.19. The second-order valence-electron chi connectivity index (χ2n) is 7.77. The highest BCUT2D eigenvalue weighted by Crippen LogP contribution is 2.27. The summed E-state index contributed by atoms with van der Waals surface area (Å²) in [5, 5.41) is 22.2. The lowest BCUT2D eigenvalue weighted by molar-refractivity contribution is 0.106. The van der Waals surface area contributed by atoms with Crippen molar-refractivity contribution in [2.24, 2.45) is 17.8 Å². The number of rotatable bonds is 8. The van der Waals surface area contributed by atoms with Crippen LogP contribution in [0.25, 0.3) is 0 Å². The number of aromatic nitrogens is 2. The van der Waals surface area contributed by atoms with Gasteiger partial charge in [-0.25, -0.2) is 9.97 Å². The van der Waals surface area contributed by atoms with Crippen LogP contribution >= 0.6 is 0 Å². The lowest BCUT2D eigenvalue weighted by Crippen LogP contribution is -2.40. The molecule has 7 nitrogen and oxygen atoms in total. The number of likely N-dealkylation sites (tertiary alicyclic amines) is 2. The van der Waals surface area contributed by atoms with Gasteiger partial charge in [-0.15, -0.1) is 0 Å². The highest BCUT2D eigenvalue weighted by Gasteiger charge is 2.34. The highest BCUT2D eigenvalue weighted by atomic mass is 16.3. The summed E-state index contributed by atoms with van der Waals surface area (Å²) in [6.07, 6.45) is 5.97. The number of piperidine rings is 1. The summed E-state index contributed by atoms with van der Waals surface area (Å²) in [6, 6.07) is 0. The summed E-state index contributed by atoms with van der Waals surface area (Å²) < 4.78 is 0. The number of hydrogen-bond donors (Lipinski definition) is 3. The van der Waals surface area contributed by atoms with Crippen molar-refractivity contribution in [2.75, 3.05) is 57.8 Å². The van der Waals surface area contributed by atoms with E-state index in [0.717, 1.165) is 64.2 Å². The van der Waals surface area contributed by atoms with E-state index < -0.39 is 0 Å². The van der Waals surface area contributed by atoms with Crippen LogP contribution in [-0.4, -0.2) is 82.5 Å². The largest absolute Gasteiger partial charge is 0.396 e. The van der Waals surface area contributed by atoms with Gasteiger partial charge in [0.15, 0.2) is 0 Å². The van der Waals surface area contributed by atoms with Crippen LogP contribution in [0.3, 0.4) is 0 Å². The van der Waals surface area contributed by atoms with Crippen LogP contribution in [0.2, 0.25) is 0 Å². The number of aliphatic hydroxyl groups excluding tert-OH is 2. The third-order valence-corrected chi connectivity index (χ3v) is 5.79. The molecule has 2 aliphatic rings. The molecule has 2 aliphatic heterocycles. The molecule has 0 spiro atoms. The lowest BCUT2D eigenvalue weighted by Gasteiger charge is -2.33. The molecule has 0 bridgehead atoms. The van der Waals surface area contributed by atoms with E-state index in [2.05, 4.69) is 25.1 Å². The van der Waals surface area contributed by atoms with Crippen LogP contribution in [0.5, 0.6) is 0 Å². The molecule has 0 radical (unpaired) electrons. The van der Waals surface area contributed by atoms with Crippen LogP contribution in [0.4, 0.5) is 5.95 Å². The van der Waals surface area contributed by atoms with Crippen molar-refractivity contribution in [1.29, 1.82) is 0 Å². The lowest BCUT2D eigenvalue weighted by atomic mass is 9.93. The van der Waals surface area contributed by atoms with Crippen LogP contribution in [-0.2, 0) is 6.54 Å². The minimum atomic E-state index is 0.254. The average molecular weight is 364 g/mol. The number of nitrogens with one attached hydrogen (secondary N) is 1. The Labute approximate surface area is 156 Å². The van der Waals surface area contributed by atoms with E-state index in [-0.39, 0.29) is 6.61 Å². The van der Waals surface area contributed by atoms with Gasteiger partial charge in [-0.1, -0.05) is 0 Å². The summed E-state index contributed by atoms with van der Waals surface area (Å²) in [5.41, 5.74) is 1.12. The fraction of sp³-hybridized carbons (Fsp3) is 0.789. The molecule has 2 fully saturated rings. The van der Waals surface area contributed by atoms with Crippen molar-refractivity contribution >= 4 is 5.95 Å².